The van der Waals surface area contributed by atoms with Crippen LogP contribution in [0.3, 0.4) is 0 Å². The summed E-state index contributed by atoms with van der Waals surface area (Å²) >= 11 is 0. The summed E-state index contributed by atoms with van der Waals surface area (Å²) in [5.41, 5.74) is 0. The normalized spacial score (nSPS) is 37.5. The van der Waals surface area contributed by atoms with Crippen molar-refractivity contribution in [3.63, 3.8) is 0 Å². The van der Waals surface area contributed by atoms with E-state index < -0.39 is 0 Å². The van der Waals surface area contributed by atoms with Crippen LogP contribution in [-0.4, -0.2) is 24.6 Å². The summed E-state index contributed by atoms with van der Waals surface area (Å²) in [7, 11) is 0. The van der Waals surface area contributed by atoms with Crippen molar-refractivity contribution < 1.29 is 19.1 Å². The van der Waals surface area contributed by atoms with Crippen molar-refractivity contribution >= 4 is 11.9 Å². The standard InChI is InChI=1S/C20H28O4/c1-4-18(21)23-9-8-13-10-14-11-17(13)20-15(6-7-16(14)20)12(3)24-19(22)5-2/h4-5,12-17,20H,1-2,6-11H2,3H3. The largest absolute Gasteiger partial charge is 0.463 e. The third-order valence-corrected chi connectivity index (χ3v) is 6.68. The molecule has 4 nitrogen and oxygen atoms in total. The maximum absolute atomic E-state index is 11.5. The zero-order valence-corrected chi connectivity index (χ0v) is 14.5. The van der Waals surface area contributed by atoms with Crippen molar-refractivity contribution in [3.8, 4) is 0 Å². The molecule has 0 N–H and O–H groups in total. The van der Waals surface area contributed by atoms with Crippen molar-refractivity contribution in [2.45, 2.75) is 45.1 Å². The third-order valence-electron chi connectivity index (χ3n) is 6.68. The summed E-state index contributed by atoms with van der Waals surface area (Å²) < 4.78 is 10.7. The number of fused-ring (bicyclic) bond motifs is 5. The van der Waals surface area contributed by atoms with Gasteiger partial charge in [0.15, 0.2) is 0 Å². The molecule has 0 amide bonds. The zero-order chi connectivity index (χ0) is 17.3. The lowest BCUT2D eigenvalue weighted by Gasteiger charge is -2.36. The molecule has 0 aromatic heterocycles. The van der Waals surface area contributed by atoms with Gasteiger partial charge in [-0.2, -0.15) is 0 Å². The number of hydrogen-bond donors (Lipinski definition) is 0. The predicted molar refractivity (Wildman–Crippen MR) is 90.9 cm³/mol. The van der Waals surface area contributed by atoms with Crippen molar-refractivity contribution in [2.75, 3.05) is 6.61 Å². The lowest BCUT2D eigenvalue weighted by molar-refractivity contribution is -0.146. The summed E-state index contributed by atoms with van der Waals surface area (Å²) in [6.45, 7) is 9.44. The highest BCUT2D eigenvalue weighted by Crippen LogP contribution is 2.64. The Labute approximate surface area is 144 Å². The zero-order valence-electron chi connectivity index (χ0n) is 14.5. The Balaban J connectivity index is 1.59. The number of ether oxygens (including phenoxy) is 2. The Kier molecular flexibility index (Phi) is 5.12. The van der Waals surface area contributed by atoms with Gasteiger partial charge in [-0.1, -0.05) is 13.2 Å². The van der Waals surface area contributed by atoms with Crippen molar-refractivity contribution in [1.29, 1.82) is 0 Å². The van der Waals surface area contributed by atoms with Crippen molar-refractivity contribution in [1.82, 2.24) is 0 Å². The molecule has 3 fully saturated rings. The van der Waals surface area contributed by atoms with E-state index >= 15 is 0 Å². The van der Waals surface area contributed by atoms with Gasteiger partial charge >= 0.3 is 11.9 Å². The fraction of sp³-hybridized carbons (Fsp3) is 0.700. The smallest absolute Gasteiger partial charge is 0.330 e. The summed E-state index contributed by atoms with van der Waals surface area (Å²) in [6.07, 6.45) is 8.37. The summed E-state index contributed by atoms with van der Waals surface area (Å²) in [5, 5.41) is 0. The SMILES string of the molecule is C=CC(=O)OCCC1CC2CC1C1C2CCC1C(C)OC(=O)C=C. The predicted octanol–water partition coefficient (Wildman–Crippen LogP) is 3.52. The van der Waals surface area contributed by atoms with Gasteiger partial charge in [0, 0.05) is 12.2 Å². The monoisotopic (exact) mass is 332 g/mol. The molecule has 0 radical (unpaired) electrons. The Morgan fingerprint density at radius 3 is 2.58 bits per heavy atom. The van der Waals surface area contributed by atoms with Gasteiger partial charge in [-0.3, -0.25) is 0 Å². The first-order chi connectivity index (χ1) is 11.5. The van der Waals surface area contributed by atoms with Crippen LogP contribution in [0, 0.1) is 35.5 Å². The average Bonchev–Trinajstić information content (AvgIpc) is 3.25. The first kappa shape index (κ1) is 17.2. The molecule has 3 rings (SSSR count). The van der Waals surface area contributed by atoms with Crippen LogP contribution in [-0.2, 0) is 19.1 Å². The van der Waals surface area contributed by atoms with Crippen LogP contribution >= 0.6 is 0 Å². The second kappa shape index (κ2) is 7.12. The van der Waals surface area contributed by atoms with E-state index in [1.54, 1.807) is 0 Å². The molecule has 4 heteroatoms. The lowest BCUT2D eigenvalue weighted by atomic mass is 9.71. The first-order valence-electron chi connectivity index (χ1n) is 9.17. The van der Waals surface area contributed by atoms with Crippen LogP contribution in [0.25, 0.3) is 0 Å². The van der Waals surface area contributed by atoms with Crippen LogP contribution in [0.5, 0.6) is 0 Å². The molecular weight excluding hydrogens is 304 g/mol. The van der Waals surface area contributed by atoms with E-state index in [2.05, 4.69) is 13.2 Å². The van der Waals surface area contributed by atoms with E-state index in [0.717, 1.165) is 24.7 Å². The summed E-state index contributed by atoms with van der Waals surface area (Å²) in [6, 6.07) is 0. The van der Waals surface area contributed by atoms with Gasteiger partial charge in [-0.05, 0) is 74.5 Å². The van der Waals surface area contributed by atoms with Crippen molar-refractivity contribution in [3.05, 3.63) is 25.3 Å². The molecule has 0 aliphatic heterocycles. The second-order valence-electron chi connectivity index (χ2n) is 7.64. The fourth-order valence-electron chi connectivity index (χ4n) is 5.86. The molecular formula is C20H28O4. The summed E-state index contributed by atoms with van der Waals surface area (Å²) in [5.74, 6) is 3.42. The number of carbonyl (C=O) groups is 2. The second-order valence-corrected chi connectivity index (χ2v) is 7.64. The van der Waals surface area contributed by atoms with E-state index in [-0.39, 0.29) is 18.0 Å². The Bertz CT molecular complexity index is 526. The van der Waals surface area contributed by atoms with Crippen LogP contribution in [0.1, 0.15) is 39.0 Å². The molecule has 0 spiro atoms. The van der Waals surface area contributed by atoms with Crippen LogP contribution in [0.4, 0.5) is 0 Å². The fourth-order valence-corrected chi connectivity index (χ4v) is 5.86. The number of rotatable bonds is 7. The van der Waals surface area contributed by atoms with E-state index in [4.69, 9.17) is 9.47 Å². The minimum absolute atomic E-state index is 0.0379. The van der Waals surface area contributed by atoms with E-state index in [1.807, 2.05) is 6.92 Å². The quantitative estimate of drug-likeness (QED) is 0.529. The summed E-state index contributed by atoms with van der Waals surface area (Å²) in [4.78, 5) is 22.7. The molecule has 2 bridgehead atoms. The lowest BCUT2D eigenvalue weighted by Crippen LogP contribution is -2.34. The van der Waals surface area contributed by atoms with Gasteiger partial charge < -0.3 is 9.47 Å². The molecule has 0 aromatic carbocycles. The molecule has 3 aliphatic carbocycles. The molecule has 3 saturated carbocycles. The molecule has 0 saturated heterocycles. The van der Waals surface area contributed by atoms with E-state index in [0.29, 0.717) is 30.3 Å². The highest BCUT2D eigenvalue weighted by Gasteiger charge is 2.57. The topological polar surface area (TPSA) is 52.6 Å². The highest BCUT2D eigenvalue weighted by atomic mass is 16.5. The number of carbonyl (C=O) groups excluding carboxylic acids is 2. The molecule has 3 aliphatic rings. The first-order valence-corrected chi connectivity index (χ1v) is 9.17. The Morgan fingerprint density at radius 1 is 1.12 bits per heavy atom. The molecule has 0 aromatic rings. The molecule has 7 atom stereocenters. The molecule has 0 heterocycles. The van der Waals surface area contributed by atoms with Gasteiger partial charge in [0.2, 0.25) is 0 Å². The number of hydrogen-bond acceptors (Lipinski definition) is 4. The minimum Gasteiger partial charge on any atom is -0.463 e. The minimum atomic E-state index is -0.334. The van der Waals surface area contributed by atoms with Gasteiger partial charge in [0.1, 0.15) is 6.10 Å². The van der Waals surface area contributed by atoms with Gasteiger partial charge in [0.05, 0.1) is 6.61 Å². The van der Waals surface area contributed by atoms with E-state index in [9.17, 15) is 9.59 Å². The molecule has 7 unspecified atom stereocenters. The Morgan fingerprint density at radius 2 is 1.88 bits per heavy atom. The maximum Gasteiger partial charge on any atom is 0.330 e. The Hall–Kier alpha value is -1.58. The van der Waals surface area contributed by atoms with Crippen LogP contribution in [0.2, 0.25) is 0 Å². The highest BCUT2D eigenvalue weighted by molar-refractivity contribution is 5.81. The van der Waals surface area contributed by atoms with Gasteiger partial charge in [0.25, 0.3) is 0 Å². The third kappa shape index (κ3) is 3.15. The van der Waals surface area contributed by atoms with Crippen LogP contribution < -0.4 is 0 Å². The van der Waals surface area contributed by atoms with Crippen LogP contribution in [0.15, 0.2) is 25.3 Å². The van der Waals surface area contributed by atoms with E-state index in [1.165, 1.54) is 31.4 Å². The maximum atomic E-state index is 11.5. The van der Waals surface area contributed by atoms with Gasteiger partial charge in [-0.15, -0.1) is 0 Å². The average molecular weight is 332 g/mol. The number of esters is 2. The van der Waals surface area contributed by atoms with Gasteiger partial charge in [-0.25, -0.2) is 9.59 Å². The molecule has 24 heavy (non-hydrogen) atoms. The van der Waals surface area contributed by atoms with Crippen molar-refractivity contribution in [2.24, 2.45) is 35.5 Å². The molecule has 132 valence electrons.